The largest absolute Gasteiger partial charge is 0.376 e. The smallest absolute Gasteiger partial charge is 0.274 e. The van der Waals surface area contributed by atoms with Crippen LogP contribution in [0.5, 0.6) is 0 Å². The fraction of sp³-hybridized carbons (Fsp3) is 0.556. The molecule has 0 unspecified atom stereocenters. The van der Waals surface area contributed by atoms with Gasteiger partial charge in [-0.25, -0.2) is 9.97 Å². The summed E-state index contributed by atoms with van der Waals surface area (Å²) in [6.07, 6.45) is 3.55. The quantitative estimate of drug-likeness (QED) is 0.886. The summed E-state index contributed by atoms with van der Waals surface area (Å²) in [6.45, 7) is 8.08. The minimum absolute atomic E-state index is 0.00149. The van der Waals surface area contributed by atoms with E-state index >= 15 is 0 Å². The lowest BCUT2D eigenvalue weighted by Crippen LogP contribution is -2.49. The molecular formula is C18H24N6O2. The molecule has 1 fully saturated rings. The first-order valence-electron chi connectivity index (χ1n) is 9.18. The summed E-state index contributed by atoms with van der Waals surface area (Å²) in [5.74, 6) is 0.753. The highest BCUT2D eigenvalue weighted by molar-refractivity contribution is 5.94. The number of fused-ring (bicyclic) bond motifs is 1. The van der Waals surface area contributed by atoms with Crippen molar-refractivity contribution >= 4 is 11.9 Å². The molecule has 0 bridgehead atoms. The number of piperazine rings is 1. The van der Waals surface area contributed by atoms with E-state index in [0.717, 1.165) is 54.4 Å². The van der Waals surface area contributed by atoms with Crippen molar-refractivity contribution in [3.8, 4) is 0 Å². The second-order valence-electron chi connectivity index (χ2n) is 6.75. The van der Waals surface area contributed by atoms with Crippen LogP contribution in [0.2, 0.25) is 0 Å². The Bertz CT molecular complexity index is 810. The van der Waals surface area contributed by atoms with Gasteiger partial charge in [-0.3, -0.25) is 9.89 Å². The first-order valence-corrected chi connectivity index (χ1v) is 9.18. The van der Waals surface area contributed by atoms with Crippen LogP contribution in [0.15, 0.2) is 6.20 Å². The second kappa shape index (κ2) is 7.03. The molecule has 138 valence electrons. The molecule has 4 heterocycles. The van der Waals surface area contributed by atoms with Gasteiger partial charge in [0.15, 0.2) is 5.69 Å². The van der Waals surface area contributed by atoms with Crippen LogP contribution >= 0.6 is 0 Å². The molecule has 1 saturated heterocycles. The van der Waals surface area contributed by atoms with Crippen molar-refractivity contribution in [1.29, 1.82) is 0 Å². The molecular weight excluding hydrogens is 332 g/mol. The van der Waals surface area contributed by atoms with Gasteiger partial charge in [0.25, 0.3) is 5.91 Å². The van der Waals surface area contributed by atoms with Crippen LogP contribution in [0.1, 0.15) is 39.9 Å². The van der Waals surface area contributed by atoms with E-state index in [9.17, 15) is 4.79 Å². The number of aromatic nitrogens is 4. The Labute approximate surface area is 152 Å². The summed E-state index contributed by atoms with van der Waals surface area (Å²) in [5.41, 5.74) is 4.69. The normalized spacial score (nSPS) is 17.3. The Morgan fingerprint density at radius 2 is 2.12 bits per heavy atom. The summed E-state index contributed by atoms with van der Waals surface area (Å²) in [6, 6.07) is 0. The zero-order valence-corrected chi connectivity index (χ0v) is 15.3. The third-order valence-electron chi connectivity index (χ3n) is 5.20. The number of carbonyl (C=O) groups is 1. The van der Waals surface area contributed by atoms with Gasteiger partial charge >= 0.3 is 0 Å². The first kappa shape index (κ1) is 17.0. The number of aryl methyl sites for hydroxylation is 1. The van der Waals surface area contributed by atoms with Crippen molar-refractivity contribution in [3.63, 3.8) is 0 Å². The van der Waals surface area contributed by atoms with Crippen molar-refractivity contribution in [2.24, 2.45) is 0 Å². The SMILES string of the molecule is CCc1[nH]nc(C(=O)N2CCN(c3ncc4c(n3)CCOC4)CC2)c1C. The molecule has 8 heteroatoms. The molecule has 0 spiro atoms. The summed E-state index contributed by atoms with van der Waals surface area (Å²) < 4.78 is 5.44. The van der Waals surface area contributed by atoms with E-state index in [-0.39, 0.29) is 5.91 Å². The number of nitrogens with zero attached hydrogens (tertiary/aromatic N) is 5. The molecule has 2 aromatic heterocycles. The number of aromatic amines is 1. The molecule has 1 amide bonds. The van der Waals surface area contributed by atoms with Gasteiger partial charge in [-0.1, -0.05) is 6.92 Å². The number of hydrogen-bond donors (Lipinski definition) is 1. The molecule has 0 radical (unpaired) electrons. The van der Waals surface area contributed by atoms with E-state index in [1.807, 2.05) is 18.0 Å². The highest BCUT2D eigenvalue weighted by atomic mass is 16.5. The van der Waals surface area contributed by atoms with Crippen LogP contribution in [0, 0.1) is 6.92 Å². The zero-order valence-electron chi connectivity index (χ0n) is 15.3. The average molecular weight is 356 g/mol. The number of ether oxygens (including phenoxy) is 1. The molecule has 2 aromatic rings. The van der Waals surface area contributed by atoms with E-state index < -0.39 is 0 Å². The fourth-order valence-electron chi connectivity index (χ4n) is 3.52. The Morgan fingerprint density at radius 3 is 2.85 bits per heavy atom. The number of H-pyrrole nitrogens is 1. The lowest BCUT2D eigenvalue weighted by Gasteiger charge is -2.34. The summed E-state index contributed by atoms with van der Waals surface area (Å²) in [5, 5.41) is 7.19. The minimum Gasteiger partial charge on any atom is -0.376 e. The van der Waals surface area contributed by atoms with Gasteiger partial charge < -0.3 is 14.5 Å². The Kier molecular flexibility index (Phi) is 4.58. The number of nitrogens with one attached hydrogen (secondary N) is 1. The molecule has 8 nitrogen and oxygen atoms in total. The van der Waals surface area contributed by atoms with Crippen LogP contribution in [0.4, 0.5) is 5.95 Å². The number of carbonyl (C=O) groups excluding carboxylic acids is 1. The predicted octanol–water partition coefficient (Wildman–Crippen LogP) is 1.11. The maximum Gasteiger partial charge on any atom is 0.274 e. The molecule has 2 aliphatic rings. The standard InChI is InChI=1S/C18H24N6O2/c1-3-14-12(2)16(22-21-14)17(25)23-5-7-24(8-6-23)18-19-10-13-11-26-9-4-15(13)20-18/h10H,3-9,11H2,1-2H3,(H,21,22). The predicted molar refractivity (Wildman–Crippen MR) is 96.2 cm³/mol. The highest BCUT2D eigenvalue weighted by Gasteiger charge is 2.27. The van der Waals surface area contributed by atoms with Gasteiger partial charge in [-0.05, 0) is 13.3 Å². The lowest BCUT2D eigenvalue weighted by molar-refractivity contribution is 0.0739. The summed E-state index contributed by atoms with van der Waals surface area (Å²) in [4.78, 5) is 26.0. The van der Waals surface area contributed by atoms with E-state index in [4.69, 9.17) is 9.72 Å². The summed E-state index contributed by atoms with van der Waals surface area (Å²) >= 11 is 0. The number of amides is 1. The van der Waals surface area contributed by atoms with Crippen LogP contribution in [-0.2, 0) is 24.2 Å². The van der Waals surface area contributed by atoms with E-state index in [0.29, 0.717) is 32.0 Å². The maximum absolute atomic E-state index is 12.8. The van der Waals surface area contributed by atoms with Gasteiger partial charge in [-0.2, -0.15) is 5.10 Å². The van der Waals surface area contributed by atoms with Gasteiger partial charge in [0, 0.05) is 55.6 Å². The van der Waals surface area contributed by atoms with Crippen LogP contribution in [0.25, 0.3) is 0 Å². The van der Waals surface area contributed by atoms with Crippen LogP contribution < -0.4 is 4.90 Å². The van der Waals surface area contributed by atoms with E-state index in [1.54, 1.807) is 0 Å². The number of rotatable bonds is 3. The Balaban J connectivity index is 1.42. The van der Waals surface area contributed by atoms with E-state index in [1.165, 1.54) is 0 Å². The summed E-state index contributed by atoms with van der Waals surface area (Å²) in [7, 11) is 0. The first-order chi connectivity index (χ1) is 12.7. The Hall–Kier alpha value is -2.48. The number of anilines is 1. The van der Waals surface area contributed by atoms with E-state index in [2.05, 4.69) is 27.0 Å². The molecule has 0 aliphatic carbocycles. The maximum atomic E-state index is 12.8. The topological polar surface area (TPSA) is 87.2 Å². The third-order valence-corrected chi connectivity index (χ3v) is 5.20. The molecule has 2 aliphatic heterocycles. The zero-order chi connectivity index (χ0) is 18.1. The monoisotopic (exact) mass is 356 g/mol. The van der Waals surface area contributed by atoms with Gasteiger partial charge in [0.05, 0.1) is 18.9 Å². The van der Waals surface area contributed by atoms with Gasteiger partial charge in [0.1, 0.15) is 0 Å². The Morgan fingerprint density at radius 1 is 1.31 bits per heavy atom. The molecule has 0 saturated carbocycles. The fourth-order valence-corrected chi connectivity index (χ4v) is 3.52. The van der Waals surface area contributed by atoms with Crippen molar-refractivity contribution in [3.05, 3.63) is 34.4 Å². The van der Waals surface area contributed by atoms with Crippen molar-refractivity contribution in [2.75, 3.05) is 37.7 Å². The van der Waals surface area contributed by atoms with Gasteiger partial charge in [0.2, 0.25) is 5.95 Å². The third kappa shape index (κ3) is 3.05. The van der Waals surface area contributed by atoms with Crippen LogP contribution in [0.3, 0.4) is 0 Å². The molecule has 0 aromatic carbocycles. The highest BCUT2D eigenvalue weighted by Crippen LogP contribution is 2.19. The van der Waals surface area contributed by atoms with Crippen LogP contribution in [-0.4, -0.2) is 63.8 Å². The number of hydrogen-bond acceptors (Lipinski definition) is 6. The molecule has 4 rings (SSSR count). The average Bonchev–Trinajstić information content (AvgIpc) is 3.07. The lowest BCUT2D eigenvalue weighted by atomic mass is 10.1. The van der Waals surface area contributed by atoms with Crippen molar-refractivity contribution < 1.29 is 9.53 Å². The van der Waals surface area contributed by atoms with Crippen molar-refractivity contribution in [2.45, 2.75) is 33.3 Å². The van der Waals surface area contributed by atoms with Crippen molar-refractivity contribution in [1.82, 2.24) is 25.1 Å². The van der Waals surface area contributed by atoms with Gasteiger partial charge in [-0.15, -0.1) is 0 Å². The minimum atomic E-state index is 0.00149. The molecule has 1 N–H and O–H groups in total. The molecule has 26 heavy (non-hydrogen) atoms. The molecule has 0 atom stereocenters. The second-order valence-corrected chi connectivity index (χ2v) is 6.75.